The lowest BCUT2D eigenvalue weighted by Gasteiger charge is -2.30. The molecule has 2 aromatic rings. The third-order valence-corrected chi connectivity index (χ3v) is 8.20. The summed E-state index contributed by atoms with van der Waals surface area (Å²) in [5.74, 6) is -0.197. The van der Waals surface area contributed by atoms with Gasteiger partial charge in [-0.3, -0.25) is 9.69 Å². The Hall–Kier alpha value is -2.22. The largest absolute Gasteiger partial charge is 0.326 e. The average molecular weight is 442 g/mol. The van der Waals surface area contributed by atoms with E-state index in [-0.39, 0.29) is 11.8 Å². The van der Waals surface area contributed by atoms with Crippen molar-refractivity contribution in [2.24, 2.45) is 5.92 Å². The molecule has 31 heavy (non-hydrogen) atoms. The summed E-state index contributed by atoms with van der Waals surface area (Å²) in [5.41, 5.74) is 3.05. The minimum absolute atomic E-state index is 0.0225. The van der Waals surface area contributed by atoms with Crippen molar-refractivity contribution in [3.05, 3.63) is 59.7 Å². The van der Waals surface area contributed by atoms with Crippen LogP contribution in [0.25, 0.3) is 0 Å². The average Bonchev–Trinajstić information content (AvgIpc) is 3.27. The molecule has 2 aromatic carbocycles. The molecule has 0 atom stereocenters. The molecule has 7 heteroatoms. The molecule has 0 aromatic heterocycles. The molecule has 166 valence electrons. The fourth-order valence-corrected chi connectivity index (χ4v) is 5.88. The Bertz CT molecular complexity index is 1010. The van der Waals surface area contributed by atoms with Crippen molar-refractivity contribution >= 4 is 21.6 Å². The van der Waals surface area contributed by atoms with Crippen molar-refractivity contribution in [1.82, 2.24) is 9.21 Å². The van der Waals surface area contributed by atoms with Gasteiger partial charge >= 0.3 is 0 Å². The smallest absolute Gasteiger partial charge is 0.243 e. The summed E-state index contributed by atoms with van der Waals surface area (Å²) in [6, 6.07) is 15.0. The van der Waals surface area contributed by atoms with Crippen molar-refractivity contribution < 1.29 is 13.2 Å². The molecule has 6 nitrogen and oxygen atoms in total. The highest BCUT2D eigenvalue weighted by atomic mass is 32.2. The third-order valence-electron chi connectivity index (χ3n) is 6.28. The van der Waals surface area contributed by atoms with Gasteiger partial charge in [0.15, 0.2) is 0 Å². The van der Waals surface area contributed by atoms with E-state index in [0.717, 1.165) is 30.9 Å². The first-order valence-electron chi connectivity index (χ1n) is 11.1. The fourth-order valence-electron chi connectivity index (χ4n) is 4.41. The van der Waals surface area contributed by atoms with Crippen molar-refractivity contribution in [2.45, 2.75) is 44.0 Å². The molecular formula is C24H31N3O3S. The van der Waals surface area contributed by atoms with Crippen LogP contribution in [0.3, 0.4) is 0 Å². The lowest BCUT2D eigenvalue weighted by atomic mass is 9.97. The monoisotopic (exact) mass is 441 g/mol. The summed E-state index contributed by atoms with van der Waals surface area (Å²) in [6.07, 6.45) is 3.58. The predicted molar refractivity (Wildman–Crippen MR) is 122 cm³/mol. The van der Waals surface area contributed by atoms with E-state index >= 15 is 0 Å². The maximum atomic E-state index is 12.9. The van der Waals surface area contributed by atoms with Crippen LogP contribution in [-0.4, -0.2) is 49.7 Å². The molecule has 2 aliphatic rings. The Balaban J connectivity index is 1.32. The van der Waals surface area contributed by atoms with Gasteiger partial charge in [-0.2, -0.15) is 4.31 Å². The van der Waals surface area contributed by atoms with E-state index in [2.05, 4.69) is 16.3 Å². The van der Waals surface area contributed by atoms with Gasteiger partial charge in [0.05, 0.1) is 4.90 Å². The molecule has 2 fully saturated rings. The Morgan fingerprint density at radius 2 is 1.68 bits per heavy atom. The number of sulfonamides is 1. The minimum atomic E-state index is -3.51. The predicted octanol–water partition coefficient (Wildman–Crippen LogP) is 3.63. The summed E-state index contributed by atoms with van der Waals surface area (Å²) in [4.78, 5) is 15.5. The van der Waals surface area contributed by atoms with Crippen molar-refractivity contribution in [2.75, 3.05) is 31.5 Å². The van der Waals surface area contributed by atoms with Crippen LogP contribution < -0.4 is 5.32 Å². The highest BCUT2D eigenvalue weighted by molar-refractivity contribution is 7.89. The number of hydrogen-bond donors (Lipinski definition) is 1. The van der Waals surface area contributed by atoms with Gasteiger partial charge < -0.3 is 5.32 Å². The van der Waals surface area contributed by atoms with Gasteiger partial charge in [0.25, 0.3) is 0 Å². The van der Waals surface area contributed by atoms with Crippen molar-refractivity contribution in [1.29, 1.82) is 0 Å². The SMILES string of the molecule is Cc1ccc(S(=O)(=O)N2CCC(C(=O)Nc3cccc(CN4CCCC4)c3)CC2)cc1. The number of aryl methyl sites for hydroxylation is 1. The number of carbonyl (C=O) groups excluding carboxylic acids is 1. The van der Waals surface area contributed by atoms with Gasteiger partial charge in [0.1, 0.15) is 0 Å². The van der Waals surface area contributed by atoms with Crippen LogP contribution in [0.15, 0.2) is 53.4 Å². The van der Waals surface area contributed by atoms with Crippen LogP contribution in [0.2, 0.25) is 0 Å². The summed E-state index contributed by atoms with van der Waals surface area (Å²) < 4.78 is 27.2. The zero-order chi connectivity index (χ0) is 21.8. The Morgan fingerprint density at radius 3 is 2.35 bits per heavy atom. The molecule has 2 heterocycles. The van der Waals surface area contributed by atoms with Gasteiger partial charge in [-0.1, -0.05) is 29.8 Å². The molecule has 0 aliphatic carbocycles. The molecule has 0 saturated carbocycles. The van der Waals surface area contributed by atoms with Crippen LogP contribution in [0, 0.1) is 12.8 Å². The fraction of sp³-hybridized carbons (Fsp3) is 0.458. The highest BCUT2D eigenvalue weighted by Crippen LogP contribution is 2.25. The van der Waals surface area contributed by atoms with Crippen LogP contribution >= 0.6 is 0 Å². The van der Waals surface area contributed by atoms with E-state index in [1.165, 1.54) is 22.7 Å². The van der Waals surface area contributed by atoms with Gasteiger partial charge in [0, 0.05) is 31.2 Å². The Morgan fingerprint density at radius 1 is 1.00 bits per heavy atom. The number of amides is 1. The summed E-state index contributed by atoms with van der Waals surface area (Å²) in [6.45, 7) is 5.86. The van der Waals surface area contributed by atoms with Crippen LogP contribution in [0.1, 0.15) is 36.8 Å². The summed E-state index contributed by atoms with van der Waals surface area (Å²) >= 11 is 0. The molecule has 0 bridgehead atoms. The Labute approximate surface area is 185 Å². The lowest BCUT2D eigenvalue weighted by molar-refractivity contribution is -0.120. The number of benzene rings is 2. The first-order valence-corrected chi connectivity index (χ1v) is 12.5. The number of carbonyl (C=O) groups is 1. The van der Waals surface area contributed by atoms with E-state index < -0.39 is 10.0 Å². The van der Waals surface area contributed by atoms with Crippen LogP contribution in [-0.2, 0) is 21.4 Å². The molecular weight excluding hydrogens is 410 g/mol. The second kappa shape index (κ2) is 9.51. The first-order chi connectivity index (χ1) is 14.9. The molecule has 2 aliphatic heterocycles. The molecule has 4 rings (SSSR count). The second-order valence-corrected chi connectivity index (χ2v) is 10.6. The minimum Gasteiger partial charge on any atom is -0.326 e. The van der Waals surface area contributed by atoms with Gasteiger partial charge in [0.2, 0.25) is 15.9 Å². The first kappa shape index (κ1) is 22.0. The van der Waals surface area contributed by atoms with Crippen molar-refractivity contribution in [3.8, 4) is 0 Å². The third kappa shape index (κ3) is 5.34. The summed E-state index contributed by atoms with van der Waals surface area (Å²) in [7, 11) is -3.51. The topological polar surface area (TPSA) is 69.7 Å². The van der Waals surface area contributed by atoms with Crippen LogP contribution in [0.5, 0.6) is 0 Å². The molecule has 2 saturated heterocycles. The number of anilines is 1. The molecule has 1 N–H and O–H groups in total. The Kier molecular flexibility index (Phi) is 6.74. The number of nitrogens with zero attached hydrogens (tertiary/aromatic N) is 2. The maximum Gasteiger partial charge on any atom is 0.243 e. The van der Waals surface area contributed by atoms with E-state index in [0.29, 0.717) is 30.8 Å². The summed E-state index contributed by atoms with van der Waals surface area (Å²) in [5, 5.41) is 3.04. The standard InChI is InChI=1S/C24H31N3O3S/c1-19-7-9-23(10-8-19)31(29,30)27-15-11-21(12-16-27)24(28)25-22-6-4-5-20(17-22)18-26-13-2-3-14-26/h4-10,17,21H,2-3,11-16,18H2,1H3,(H,25,28). The number of nitrogens with one attached hydrogen (secondary N) is 1. The number of rotatable bonds is 6. The molecule has 0 radical (unpaired) electrons. The van der Waals surface area contributed by atoms with E-state index in [1.807, 2.05) is 37.3 Å². The normalized spacial score (nSPS) is 18.9. The maximum absolute atomic E-state index is 12.9. The van der Waals surface area contributed by atoms with Crippen LogP contribution in [0.4, 0.5) is 5.69 Å². The number of hydrogen-bond acceptors (Lipinski definition) is 4. The number of likely N-dealkylation sites (tertiary alicyclic amines) is 1. The van der Waals surface area contributed by atoms with Gasteiger partial charge in [-0.25, -0.2) is 8.42 Å². The van der Waals surface area contributed by atoms with E-state index in [4.69, 9.17) is 0 Å². The van der Waals surface area contributed by atoms with E-state index in [1.54, 1.807) is 12.1 Å². The zero-order valence-electron chi connectivity index (χ0n) is 18.1. The van der Waals surface area contributed by atoms with Gasteiger partial charge in [-0.15, -0.1) is 0 Å². The quantitative estimate of drug-likeness (QED) is 0.743. The second-order valence-electron chi connectivity index (χ2n) is 8.66. The van der Waals surface area contributed by atoms with E-state index in [9.17, 15) is 13.2 Å². The molecule has 0 unspecified atom stereocenters. The number of piperidine rings is 1. The molecule has 0 spiro atoms. The van der Waals surface area contributed by atoms with Gasteiger partial charge in [-0.05, 0) is 75.5 Å². The molecule has 1 amide bonds. The lowest BCUT2D eigenvalue weighted by Crippen LogP contribution is -2.41. The zero-order valence-corrected chi connectivity index (χ0v) is 18.9. The van der Waals surface area contributed by atoms with Crippen molar-refractivity contribution in [3.63, 3.8) is 0 Å². The highest BCUT2D eigenvalue weighted by Gasteiger charge is 2.32.